The maximum Gasteiger partial charge on any atom is 0.292 e. The van der Waals surface area contributed by atoms with Gasteiger partial charge in [-0.25, -0.2) is 0 Å². The Morgan fingerprint density at radius 1 is 1.44 bits per heavy atom. The van der Waals surface area contributed by atoms with Crippen molar-refractivity contribution in [2.24, 2.45) is 0 Å². The van der Waals surface area contributed by atoms with Gasteiger partial charge in [-0.3, -0.25) is 4.79 Å². The van der Waals surface area contributed by atoms with Crippen LogP contribution in [0.25, 0.3) is 0 Å². The lowest BCUT2D eigenvalue weighted by molar-refractivity contribution is -0.765. The van der Waals surface area contributed by atoms with E-state index < -0.39 is 24.5 Å². The van der Waals surface area contributed by atoms with Gasteiger partial charge in [-0.1, -0.05) is 0 Å². The Balaban J connectivity index is 2.27. The number of pyridine rings is 1. The monoisotopic (exact) mass is 254 g/mol. The van der Waals surface area contributed by atoms with Crippen molar-refractivity contribution in [3.63, 3.8) is 0 Å². The first-order valence-electron chi connectivity index (χ1n) is 5.69. The third-order valence-corrected chi connectivity index (χ3v) is 3.04. The summed E-state index contributed by atoms with van der Waals surface area (Å²) in [4.78, 5) is 11.3. The number of aliphatic hydroxyl groups excluding tert-OH is 3. The molecule has 1 aliphatic rings. The van der Waals surface area contributed by atoms with Crippen molar-refractivity contribution in [3.8, 4) is 0 Å². The van der Waals surface area contributed by atoms with E-state index in [0.717, 1.165) is 0 Å². The van der Waals surface area contributed by atoms with Gasteiger partial charge < -0.3 is 20.1 Å². The van der Waals surface area contributed by atoms with E-state index >= 15 is 0 Å². The predicted octanol–water partition coefficient (Wildman–Crippen LogP) is -1.21. The average Bonchev–Trinajstić information content (AvgIpc) is 2.66. The molecule has 0 aromatic carbocycles. The highest BCUT2D eigenvalue weighted by Crippen LogP contribution is 2.25. The number of aliphatic hydroxyl groups is 3. The highest BCUT2D eigenvalue weighted by molar-refractivity contribution is 5.93. The molecule has 2 rings (SSSR count). The Morgan fingerprint density at radius 2 is 2.17 bits per heavy atom. The van der Waals surface area contributed by atoms with Gasteiger partial charge in [-0.05, 0) is 13.0 Å². The van der Waals surface area contributed by atoms with E-state index in [-0.39, 0.29) is 12.4 Å². The molecule has 18 heavy (non-hydrogen) atoms. The zero-order chi connectivity index (χ0) is 13.3. The first-order valence-corrected chi connectivity index (χ1v) is 5.69. The second-order valence-corrected chi connectivity index (χ2v) is 4.32. The maximum atomic E-state index is 11.3. The Labute approximate surface area is 104 Å². The Kier molecular flexibility index (Phi) is 3.72. The third-order valence-electron chi connectivity index (χ3n) is 3.04. The highest BCUT2D eigenvalue weighted by atomic mass is 16.6. The SMILES string of the molecule is CC(=O)c1ccc[n+](C2O[C@H](CO)[C@@H](O)[C@H]2O)c1. The minimum atomic E-state index is -1.14. The Morgan fingerprint density at radius 3 is 2.72 bits per heavy atom. The summed E-state index contributed by atoms with van der Waals surface area (Å²) in [6.07, 6.45) is -0.743. The average molecular weight is 254 g/mol. The van der Waals surface area contributed by atoms with Crippen LogP contribution in [0.2, 0.25) is 0 Å². The van der Waals surface area contributed by atoms with Gasteiger partial charge in [0.05, 0.1) is 12.2 Å². The lowest BCUT2D eigenvalue weighted by atomic mass is 10.1. The van der Waals surface area contributed by atoms with Gasteiger partial charge >= 0.3 is 0 Å². The standard InChI is InChI=1S/C12H16NO5/c1-7(15)8-3-2-4-13(5-8)12-11(17)10(16)9(6-14)18-12/h2-5,9-12,14,16-17H,6H2,1H3/q+1/t9-,10-,11-,12?/m1/s1. The van der Waals surface area contributed by atoms with Crippen LogP contribution >= 0.6 is 0 Å². The van der Waals surface area contributed by atoms with Crippen molar-refractivity contribution in [3.05, 3.63) is 30.1 Å². The molecule has 6 nitrogen and oxygen atoms in total. The molecule has 1 fully saturated rings. The number of hydrogen-bond acceptors (Lipinski definition) is 5. The second-order valence-electron chi connectivity index (χ2n) is 4.32. The summed E-state index contributed by atoms with van der Waals surface area (Å²) in [5.41, 5.74) is 0.482. The topological polar surface area (TPSA) is 90.9 Å². The fourth-order valence-corrected chi connectivity index (χ4v) is 1.99. The van der Waals surface area contributed by atoms with Crippen LogP contribution in [-0.4, -0.2) is 46.0 Å². The molecule has 0 bridgehead atoms. The zero-order valence-corrected chi connectivity index (χ0v) is 9.93. The normalized spacial score (nSPS) is 31.6. The van der Waals surface area contributed by atoms with Gasteiger partial charge in [-0.2, -0.15) is 4.57 Å². The molecule has 0 radical (unpaired) electrons. The van der Waals surface area contributed by atoms with Crippen LogP contribution in [0.5, 0.6) is 0 Å². The lowest BCUT2D eigenvalue weighted by Crippen LogP contribution is -2.46. The molecule has 98 valence electrons. The molecule has 1 aromatic rings. The molecule has 0 spiro atoms. The van der Waals surface area contributed by atoms with Crippen molar-refractivity contribution in [2.75, 3.05) is 6.61 Å². The van der Waals surface area contributed by atoms with E-state index in [1.54, 1.807) is 24.5 Å². The van der Waals surface area contributed by atoms with Crippen LogP contribution in [0.1, 0.15) is 23.5 Å². The first kappa shape index (κ1) is 13.1. The number of nitrogens with zero attached hydrogens (tertiary/aromatic N) is 1. The maximum absolute atomic E-state index is 11.3. The zero-order valence-electron chi connectivity index (χ0n) is 9.93. The van der Waals surface area contributed by atoms with E-state index in [1.165, 1.54) is 11.5 Å². The fourth-order valence-electron chi connectivity index (χ4n) is 1.99. The fraction of sp³-hybridized carbons (Fsp3) is 0.500. The van der Waals surface area contributed by atoms with Crippen LogP contribution in [0.15, 0.2) is 24.5 Å². The number of carbonyl (C=O) groups is 1. The summed E-state index contributed by atoms with van der Waals surface area (Å²) in [6, 6.07) is 3.31. The molecule has 1 saturated heterocycles. The highest BCUT2D eigenvalue weighted by Gasteiger charge is 2.47. The van der Waals surface area contributed by atoms with Gasteiger partial charge in [0.25, 0.3) is 6.23 Å². The van der Waals surface area contributed by atoms with Gasteiger partial charge in [0.15, 0.2) is 24.3 Å². The molecular weight excluding hydrogens is 238 g/mol. The van der Waals surface area contributed by atoms with E-state index in [0.29, 0.717) is 5.56 Å². The third kappa shape index (κ3) is 2.28. The molecule has 2 heterocycles. The van der Waals surface area contributed by atoms with Crippen LogP contribution in [0.4, 0.5) is 0 Å². The minimum absolute atomic E-state index is 0.101. The first-order chi connectivity index (χ1) is 8.54. The van der Waals surface area contributed by atoms with Crippen LogP contribution in [0.3, 0.4) is 0 Å². The molecule has 1 unspecified atom stereocenters. The van der Waals surface area contributed by atoms with E-state index in [2.05, 4.69) is 0 Å². The number of aromatic nitrogens is 1. The number of carbonyl (C=O) groups excluding carboxylic acids is 1. The van der Waals surface area contributed by atoms with Gasteiger partial charge in [-0.15, -0.1) is 0 Å². The number of Topliss-reactive ketones (excluding diaryl/α,β-unsaturated/α-hetero) is 1. The van der Waals surface area contributed by atoms with Crippen molar-refractivity contribution in [1.82, 2.24) is 0 Å². The van der Waals surface area contributed by atoms with Crippen LogP contribution in [-0.2, 0) is 4.74 Å². The van der Waals surface area contributed by atoms with Crippen LogP contribution < -0.4 is 4.57 Å². The molecule has 1 aliphatic heterocycles. The molecule has 4 atom stereocenters. The molecule has 3 N–H and O–H groups in total. The molecule has 0 saturated carbocycles. The Hall–Kier alpha value is -1.34. The number of ketones is 1. The number of rotatable bonds is 3. The molecule has 1 aromatic heterocycles. The number of ether oxygens (including phenoxy) is 1. The summed E-state index contributed by atoms with van der Waals surface area (Å²) >= 11 is 0. The van der Waals surface area contributed by atoms with Gasteiger partial charge in [0, 0.05) is 6.07 Å². The van der Waals surface area contributed by atoms with Gasteiger partial charge in [0.1, 0.15) is 12.2 Å². The molecule has 0 aliphatic carbocycles. The minimum Gasteiger partial charge on any atom is -0.394 e. The van der Waals surface area contributed by atoms with Crippen LogP contribution in [0, 0.1) is 0 Å². The molecular formula is C12H16NO5+. The lowest BCUT2D eigenvalue weighted by Gasteiger charge is -2.09. The Bertz CT molecular complexity index is 450. The summed E-state index contributed by atoms with van der Waals surface area (Å²) in [7, 11) is 0. The largest absolute Gasteiger partial charge is 0.394 e. The molecule has 0 amide bonds. The molecule has 6 heteroatoms. The van der Waals surface area contributed by atoms with E-state index in [1.807, 2.05) is 0 Å². The van der Waals surface area contributed by atoms with Crippen molar-refractivity contribution in [1.29, 1.82) is 0 Å². The van der Waals surface area contributed by atoms with Crippen molar-refractivity contribution >= 4 is 5.78 Å². The van der Waals surface area contributed by atoms with Crippen molar-refractivity contribution < 1.29 is 29.4 Å². The van der Waals surface area contributed by atoms with Gasteiger partial charge in [0.2, 0.25) is 0 Å². The smallest absolute Gasteiger partial charge is 0.292 e. The quantitative estimate of drug-likeness (QED) is 0.465. The van der Waals surface area contributed by atoms with Crippen molar-refractivity contribution in [2.45, 2.75) is 31.5 Å². The predicted molar refractivity (Wildman–Crippen MR) is 59.7 cm³/mol. The van der Waals surface area contributed by atoms with E-state index in [4.69, 9.17) is 9.84 Å². The number of hydrogen-bond donors (Lipinski definition) is 3. The summed E-state index contributed by atoms with van der Waals surface area (Å²) in [5.74, 6) is -0.101. The summed E-state index contributed by atoms with van der Waals surface area (Å²) in [6.45, 7) is 1.07. The second kappa shape index (κ2) is 5.11. The van der Waals surface area contributed by atoms with E-state index in [9.17, 15) is 15.0 Å². The summed E-state index contributed by atoms with van der Waals surface area (Å²) < 4.78 is 6.87. The summed E-state index contributed by atoms with van der Waals surface area (Å²) in [5, 5.41) is 28.5.